The predicted octanol–water partition coefficient (Wildman–Crippen LogP) is 2.81. The van der Waals surface area contributed by atoms with E-state index in [4.69, 9.17) is 0 Å². The number of hydrogen-bond acceptors (Lipinski definition) is 1. The highest BCUT2D eigenvalue weighted by Gasteiger charge is 2.18. The van der Waals surface area contributed by atoms with Crippen molar-refractivity contribution in [3.63, 3.8) is 0 Å². The van der Waals surface area contributed by atoms with Gasteiger partial charge in [0.25, 0.3) is 0 Å². The van der Waals surface area contributed by atoms with Gasteiger partial charge in [0.05, 0.1) is 0 Å². The third-order valence-electron chi connectivity index (χ3n) is 2.06. The van der Waals surface area contributed by atoms with Crippen LogP contribution in [0.5, 0.6) is 0 Å². The van der Waals surface area contributed by atoms with Crippen LogP contribution in [-0.2, 0) is 0 Å². The predicted molar refractivity (Wildman–Crippen MR) is 51.8 cm³/mol. The van der Waals surface area contributed by atoms with Crippen LogP contribution in [0.2, 0.25) is 0 Å². The molecular formula is C10H23N. The third-order valence-corrected chi connectivity index (χ3v) is 2.06. The van der Waals surface area contributed by atoms with E-state index in [0.717, 1.165) is 0 Å². The smallest absolute Gasteiger partial charge is 0.000252 e. The van der Waals surface area contributed by atoms with Crippen LogP contribution in [0.1, 0.15) is 47.0 Å². The van der Waals surface area contributed by atoms with Gasteiger partial charge in [0.2, 0.25) is 0 Å². The molecule has 0 atom stereocenters. The van der Waals surface area contributed by atoms with E-state index in [-0.39, 0.29) is 0 Å². The second kappa shape index (κ2) is 5.59. The lowest BCUT2D eigenvalue weighted by molar-refractivity contribution is 0.335. The average molecular weight is 157 g/mol. The van der Waals surface area contributed by atoms with E-state index in [1.807, 2.05) is 13.8 Å². The Bertz CT molecular complexity index is 76.9. The van der Waals surface area contributed by atoms with Crippen molar-refractivity contribution in [2.24, 2.45) is 5.41 Å². The highest BCUT2D eigenvalue weighted by atomic mass is 14.9. The fourth-order valence-corrected chi connectivity index (χ4v) is 1.37. The lowest BCUT2D eigenvalue weighted by atomic mass is 9.88. The SMILES string of the molecule is CC.CC1(C)CCCCNC1. The summed E-state index contributed by atoms with van der Waals surface area (Å²) >= 11 is 0. The molecule has 1 heteroatoms. The Morgan fingerprint density at radius 3 is 2.36 bits per heavy atom. The Morgan fingerprint density at radius 2 is 1.73 bits per heavy atom. The summed E-state index contributed by atoms with van der Waals surface area (Å²) < 4.78 is 0. The van der Waals surface area contributed by atoms with Crippen molar-refractivity contribution in [1.29, 1.82) is 0 Å². The van der Waals surface area contributed by atoms with Crippen molar-refractivity contribution in [2.75, 3.05) is 13.1 Å². The van der Waals surface area contributed by atoms with Gasteiger partial charge in [0.1, 0.15) is 0 Å². The van der Waals surface area contributed by atoms with Crippen LogP contribution in [0, 0.1) is 5.41 Å². The third kappa shape index (κ3) is 5.25. The summed E-state index contributed by atoms with van der Waals surface area (Å²) in [4.78, 5) is 0. The van der Waals surface area contributed by atoms with Gasteiger partial charge in [-0.15, -0.1) is 0 Å². The minimum absolute atomic E-state index is 0.552. The number of hydrogen-bond donors (Lipinski definition) is 1. The minimum Gasteiger partial charge on any atom is -0.316 e. The van der Waals surface area contributed by atoms with Gasteiger partial charge >= 0.3 is 0 Å². The molecule has 1 rings (SSSR count). The molecule has 0 amide bonds. The van der Waals surface area contributed by atoms with Gasteiger partial charge in [0.15, 0.2) is 0 Å². The zero-order chi connectivity index (χ0) is 8.74. The first-order valence-corrected chi connectivity index (χ1v) is 4.91. The molecule has 0 spiro atoms. The van der Waals surface area contributed by atoms with E-state index in [1.165, 1.54) is 32.4 Å². The first-order valence-electron chi connectivity index (χ1n) is 4.91. The summed E-state index contributed by atoms with van der Waals surface area (Å²) in [5, 5.41) is 3.44. The topological polar surface area (TPSA) is 12.0 Å². The van der Waals surface area contributed by atoms with Crippen molar-refractivity contribution in [3.8, 4) is 0 Å². The maximum Gasteiger partial charge on any atom is 0.000252 e. The molecule has 1 aliphatic rings. The Balaban J connectivity index is 0.000000461. The van der Waals surface area contributed by atoms with Gasteiger partial charge in [-0.05, 0) is 24.8 Å². The monoisotopic (exact) mass is 157 g/mol. The second-order valence-electron chi connectivity index (χ2n) is 3.80. The lowest BCUT2D eigenvalue weighted by Gasteiger charge is -2.21. The zero-order valence-corrected chi connectivity index (χ0v) is 8.54. The standard InChI is InChI=1S/C8H17N.C2H6/c1-8(2)5-3-4-6-9-7-8;1-2/h9H,3-7H2,1-2H3;1-2H3. The average Bonchev–Trinajstić information content (AvgIpc) is 2.17. The van der Waals surface area contributed by atoms with Gasteiger partial charge in [-0.2, -0.15) is 0 Å². The van der Waals surface area contributed by atoms with E-state index in [1.54, 1.807) is 0 Å². The summed E-state index contributed by atoms with van der Waals surface area (Å²) in [5.74, 6) is 0. The molecule has 0 aromatic heterocycles. The molecule has 11 heavy (non-hydrogen) atoms. The molecule has 1 fully saturated rings. The van der Waals surface area contributed by atoms with E-state index >= 15 is 0 Å². The normalized spacial score (nSPS) is 22.9. The molecule has 0 bridgehead atoms. The van der Waals surface area contributed by atoms with E-state index in [0.29, 0.717) is 5.41 Å². The maximum absolute atomic E-state index is 3.44. The van der Waals surface area contributed by atoms with Crippen molar-refractivity contribution in [1.82, 2.24) is 5.32 Å². The van der Waals surface area contributed by atoms with E-state index in [9.17, 15) is 0 Å². The summed E-state index contributed by atoms with van der Waals surface area (Å²) in [5.41, 5.74) is 0.552. The zero-order valence-electron chi connectivity index (χ0n) is 8.54. The first-order chi connectivity index (χ1) is 5.21. The van der Waals surface area contributed by atoms with Crippen LogP contribution in [-0.4, -0.2) is 13.1 Å². The summed E-state index contributed by atoms with van der Waals surface area (Å²) in [6.07, 6.45) is 4.16. The van der Waals surface area contributed by atoms with Crippen LogP contribution in [0.25, 0.3) is 0 Å². The first kappa shape index (κ1) is 11.0. The molecule has 0 aliphatic carbocycles. The molecule has 0 saturated carbocycles. The molecule has 0 radical (unpaired) electrons. The molecule has 68 valence electrons. The van der Waals surface area contributed by atoms with Crippen LogP contribution in [0.15, 0.2) is 0 Å². The van der Waals surface area contributed by atoms with Crippen LogP contribution in [0.4, 0.5) is 0 Å². The second-order valence-corrected chi connectivity index (χ2v) is 3.80. The molecule has 1 N–H and O–H groups in total. The summed E-state index contributed by atoms with van der Waals surface area (Å²) in [7, 11) is 0. The lowest BCUT2D eigenvalue weighted by Crippen LogP contribution is -2.26. The van der Waals surface area contributed by atoms with Crippen molar-refractivity contribution in [2.45, 2.75) is 47.0 Å². The maximum atomic E-state index is 3.44. The highest BCUT2D eigenvalue weighted by molar-refractivity contribution is 4.74. The molecule has 0 aromatic rings. The molecule has 1 aliphatic heterocycles. The van der Waals surface area contributed by atoms with E-state index < -0.39 is 0 Å². The Kier molecular flexibility index (Phi) is 5.57. The molecule has 1 saturated heterocycles. The fourth-order valence-electron chi connectivity index (χ4n) is 1.37. The summed E-state index contributed by atoms with van der Waals surface area (Å²) in [6, 6.07) is 0. The summed E-state index contributed by atoms with van der Waals surface area (Å²) in [6.45, 7) is 11.1. The molecule has 0 unspecified atom stereocenters. The Morgan fingerprint density at radius 1 is 1.09 bits per heavy atom. The van der Waals surface area contributed by atoms with E-state index in [2.05, 4.69) is 19.2 Å². The van der Waals surface area contributed by atoms with Crippen LogP contribution >= 0.6 is 0 Å². The Labute approximate surface area is 71.6 Å². The molecule has 1 nitrogen and oxygen atoms in total. The van der Waals surface area contributed by atoms with Gasteiger partial charge in [0, 0.05) is 6.54 Å². The largest absolute Gasteiger partial charge is 0.316 e. The number of rotatable bonds is 0. The van der Waals surface area contributed by atoms with Gasteiger partial charge in [-0.3, -0.25) is 0 Å². The highest BCUT2D eigenvalue weighted by Crippen LogP contribution is 2.23. The fraction of sp³-hybridized carbons (Fsp3) is 1.00. The van der Waals surface area contributed by atoms with Crippen molar-refractivity contribution in [3.05, 3.63) is 0 Å². The Hall–Kier alpha value is -0.0400. The quantitative estimate of drug-likeness (QED) is 0.570. The molecule has 0 aromatic carbocycles. The van der Waals surface area contributed by atoms with Crippen LogP contribution in [0.3, 0.4) is 0 Å². The van der Waals surface area contributed by atoms with Crippen molar-refractivity contribution < 1.29 is 0 Å². The molecular weight excluding hydrogens is 134 g/mol. The van der Waals surface area contributed by atoms with Crippen LogP contribution < -0.4 is 5.32 Å². The van der Waals surface area contributed by atoms with Crippen molar-refractivity contribution >= 4 is 0 Å². The van der Waals surface area contributed by atoms with Gasteiger partial charge in [-0.25, -0.2) is 0 Å². The van der Waals surface area contributed by atoms with Gasteiger partial charge in [-0.1, -0.05) is 34.1 Å². The number of nitrogens with one attached hydrogen (secondary N) is 1. The van der Waals surface area contributed by atoms with Gasteiger partial charge < -0.3 is 5.32 Å². The minimum atomic E-state index is 0.552. The molecule has 1 heterocycles.